The third-order valence-corrected chi connectivity index (χ3v) is 4.82. The Kier molecular flexibility index (Phi) is 3.40. The fourth-order valence-corrected chi connectivity index (χ4v) is 3.25. The number of rotatable bonds is 3. The molecule has 1 saturated carbocycles. The SMILES string of the molecule is CC1=C(C(=O)NC2(c3noc(C)n3)CCC2)Cc2ccccc2O1. The Morgan fingerprint density at radius 1 is 1.25 bits per heavy atom. The number of aryl methyl sites for hydroxylation is 1. The number of aromatic nitrogens is 2. The van der Waals surface area contributed by atoms with E-state index in [4.69, 9.17) is 9.26 Å². The molecule has 0 spiro atoms. The summed E-state index contributed by atoms with van der Waals surface area (Å²) in [5, 5.41) is 7.14. The van der Waals surface area contributed by atoms with Gasteiger partial charge in [-0.1, -0.05) is 23.4 Å². The first-order chi connectivity index (χ1) is 11.6. The van der Waals surface area contributed by atoms with E-state index in [-0.39, 0.29) is 5.91 Å². The number of benzene rings is 1. The molecule has 2 heterocycles. The number of hydrogen-bond donors (Lipinski definition) is 1. The molecule has 1 fully saturated rings. The molecule has 1 aromatic heterocycles. The van der Waals surface area contributed by atoms with Crippen LogP contribution in [0, 0.1) is 6.92 Å². The van der Waals surface area contributed by atoms with Crippen molar-refractivity contribution in [3.05, 3.63) is 52.9 Å². The Hall–Kier alpha value is -2.63. The second-order valence-electron chi connectivity index (χ2n) is 6.45. The van der Waals surface area contributed by atoms with Crippen molar-refractivity contribution in [3.8, 4) is 5.75 Å². The summed E-state index contributed by atoms with van der Waals surface area (Å²) in [5.41, 5.74) is 1.16. The van der Waals surface area contributed by atoms with Crippen molar-refractivity contribution in [1.82, 2.24) is 15.5 Å². The zero-order valence-corrected chi connectivity index (χ0v) is 13.8. The van der Waals surface area contributed by atoms with Gasteiger partial charge in [-0.15, -0.1) is 0 Å². The number of carbonyl (C=O) groups excluding carboxylic acids is 1. The van der Waals surface area contributed by atoms with Crippen molar-refractivity contribution in [2.75, 3.05) is 0 Å². The largest absolute Gasteiger partial charge is 0.461 e. The van der Waals surface area contributed by atoms with Crippen LogP contribution in [-0.4, -0.2) is 16.0 Å². The second kappa shape index (κ2) is 5.47. The first-order valence-corrected chi connectivity index (χ1v) is 8.16. The third-order valence-electron chi connectivity index (χ3n) is 4.82. The monoisotopic (exact) mass is 325 g/mol. The number of fused-ring (bicyclic) bond motifs is 1. The first-order valence-electron chi connectivity index (χ1n) is 8.16. The summed E-state index contributed by atoms with van der Waals surface area (Å²) in [5.74, 6) is 2.42. The maximum absolute atomic E-state index is 12.9. The van der Waals surface area contributed by atoms with Crippen molar-refractivity contribution in [2.24, 2.45) is 0 Å². The molecule has 0 unspecified atom stereocenters. The molecule has 1 amide bonds. The summed E-state index contributed by atoms with van der Waals surface area (Å²) in [6.07, 6.45) is 3.24. The topological polar surface area (TPSA) is 77.3 Å². The van der Waals surface area contributed by atoms with E-state index in [0.29, 0.717) is 29.5 Å². The smallest absolute Gasteiger partial charge is 0.251 e. The number of para-hydroxylation sites is 1. The molecule has 124 valence electrons. The van der Waals surface area contributed by atoms with Crippen LogP contribution >= 0.6 is 0 Å². The van der Waals surface area contributed by atoms with E-state index in [1.165, 1.54) is 0 Å². The number of carbonyl (C=O) groups is 1. The van der Waals surface area contributed by atoms with Crippen LogP contribution in [0.3, 0.4) is 0 Å². The summed E-state index contributed by atoms with van der Waals surface area (Å²) < 4.78 is 10.9. The van der Waals surface area contributed by atoms with E-state index in [1.807, 2.05) is 31.2 Å². The maximum atomic E-state index is 12.9. The molecular formula is C18H19N3O3. The Morgan fingerprint density at radius 2 is 2.04 bits per heavy atom. The van der Waals surface area contributed by atoms with E-state index in [0.717, 1.165) is 30.6 Å². The van der Waals surface area contributed by atoms with E-state index >= 15 is 0 Å². The van der Waals surface area contributed by atoms with Gasteiger partial charge in [-0.2, -0.15) is 4.98 Å². The molecule has 0 bridgehead atoms. The van der Waals surface area contributed by atoms with Gasteiger partial charge in [0.2, 0.25) is 5.89 Å². The van der Waals surface area contributed by atoms with Crippen LogP contribution in [0.4, 0.5) is 0 Å². The quantitative estimate of drug-likeness (QED) is 0.939. The summed E-state index contributed by atoms with van der Waals surface area (Å²) in [6.45, 7) is 3.58. The number of nitrogens with zero attached hydrogens (tertiary/aromatic N) is 2. The van der Waals surface area contributed by atoms with Gasteiger partial charge in [-0.05, 0) is 37.8 Å². The van der Waals surface area contributed by atoms with E-state index in [1.54, 1.807) is 6.92 Å². The van der Waals surface area contributed by atoms with Crippen LogP contribution in [0.5, 0.6) is 5.75 Å². The molecule has 1 aliphatic carbocycles. The first kappa shape index (κ1) is 14.9. The molecule has 6 nitrogen and oxygen atoms in total. The van der Waals surface area contributed by atoms with Gasteiger partial charge in [-0.3, -0.25) is 4.79 Å². The van der Waals surface area contributed by atoms with Crippen molar-refractivity contribution in [2.45, 2.75) is 45.1 Å². The number of allylic oxidation sites excluding steroid dienone is 1. The highest BCUT2D eigenvalue weighted by Gasteiger charge is 2.45. The van der Waals surface area contributed by atoms with Gasteiger partial charge >= 0.3 is 0 Å². The highest BCUT2D eigenvalue weighted by molar-refractivity contribution is 5.95. The van der Waals surface area contributed by atoms with Crippen LogP contribution in [0.2, 0.25) is 0 Å². The van der Waals surface area contributed by atoms with E-state index in [2.05, 4.69) is 15.5 Å². The Bertz CT molecular complexity index is 834. The molecule has 6 heteroatoms. The van der Waals surface area contributed by atoms with Crippen LogP contribution in [0.25, 0.3) is 0 Å². The van der Waals surface area contributed by atoms with E-state index in [9.17, 15) is 4.79 Å². The van der Waals surface area contributed by atoms with Gasteiger partial charge in [0.1, 0.15) is 17.0 Å². The number of ether oxygens (including phenoxy) is 1. The molecule has 0 atom stereocenters. The Balaban J connectivity index is 1.58. The number of nitrogens with one attached hydrogen (secondary N) is 1. The lowest BCUT2D eigenvalue weighted by Gasteiger charge is -2.40. The van der Waals surface area contributed by atoms with Crippen LogP contribution in [0.15, 0.2) is 40.1 Å². The van der Waals surface area contributed by atoms with Gasteiger partial charge in [0.15, 0.2) is 5.82 Å². The van der Waals surface area contributed by atoms with Crippen molar-refractivity contribution >= 4 is 5.91 Å². The molecule has 2 aromatic rings. The predicted molar refractivity (Wildman–Crippen MR) is 86.2 cm³/mol. The fourth-order valence-electron chi connectivity index (χ4n) is 3.25. The number of amides is 1. The average molecular weight is 325 g/mol. The van der Waals surface area contributed by atoms with Crippen LogP contribution < -0.4 is 10.1 Å². The molecule has 2 aliphatic rings. The Morgan fingerprint density at radius 3 is 2.71 bits per heavy atom. The van der Waals surface area contributed by atoms with Gasteiger partial charge in [-0.25, -0.2) is 0 Å². The van der Waals surface area contributed by atoms with Gasteiger partial charge in [0, 0.05) is 13.3 Å². The molecule has 0 saturated heterocycles. The van der Waals surface area contributed by atoms with Crippen molar-refractivity contribution in [1.29, 1.82) is 0 Å². The van der Waals surface area contributed by atoms with Crippen molar-refractivity contribution in [3.63, 3.8) is 0 Å². The molecular weight excluding hydrogens is 306 g/mol. The fraction of sp³-hybridized carbons (Fsp3) is 0.389. The maximum Gasteiger partial charge on any atom is 0.251 e. The van der Waals surface area contributed by atoms with Crippen molar-refractivity contribution < 1.29 is 14.1 Å². The summed E-state index contributed by atoms with van der Waals surface area (Å²) >= 11 is 0. The lowest BCUT2D eigenvalue weighted by molar-refractivity contribution is -0.121. The average Bonchev–Trinajstić information content (AvgIpc) is 2.96. The molecule has 4 rings (SSSR count). The standard InChI is InChI=1S/C18H19N3O3/c1-11-14(10-13-6-3-4-7-15(13)23-11)16(22)20-18(8-5-9-18)17-19-12(2)24-21-17/h3-4,6-7H,5,8-10H2,1-2H3,(H,20,22). The minimum Gasteiger partial charge on any atom is -0.461 e. The van der Waals surface area contributed by atoms with Gasteiger partial charge in [0.25, 0.3) is 5.91 Å². The second-order valence-corrected chi connectivity index (χ2v) is 6.45. The normalized spacial score (nSPS) is 18.4. The lowest BCUT2D eigenvalue weighted by Crippen LogP contribution is -2.52. The molecule has 0 radical (unpaired) electrons. The molecule has 1 N–H and O–H groups in total. The zero-order chi connectivity index (χ0) is 16.7. The summed E-state index contributed by atoms with van der Waals surface area (Å²) in [4.78, 5) is 17.2. The summed E-state index contributed by atoms with van der Waals surface area (Å²) in [7, 11) is 0. The third kappa shape index (κ3) is 2.38. The lowest BCUT2D eigenvalue weighted by atomic mass is 9.75. The zero-order valence-electron chi connectivity index (χ0n) is 13.8. The van der Waals surface area contributed by atoms with Crippen LogP contribution in [-0.2, 0) is 16.8 Å². The highest BCUT2D eigenvalue weighted by atomic mass is 16.5. The van der Waals surface area contributed by atoms with Gasteiger partial charge < -0.3 is 14.6 Å². The van der Waals surface area contributed by atoms with E-state index < -0.39 is 5.54 Å². The van der Waals surface area contributed by atoms with Gasteiger partial charge in [0.05, 0.1) is 5.57 Å². The minimum atomic E-state index is -0.515. The highest BCUT2D eigenvalue weighted by Crippen LogP contribution is 2.40. The molecule has 1 aromatic carbocycles. The predicted octanol–water partition coefficient (Wildman–Crippen LogP) is 2.78. The molecule has 24 heavy (non-hydrogen) atoms. The summed E-state index contributed by atoms with van der Waals surface area (Å²) in [6, 6.07) is 7.78. The molecule has 1 aliphatic heterocycles. The Labute approximate surface area is 139 Å². The van der Waals surface area contributed by atoms with Crippen LogP contribution in [0.1, 0.15) is 43.5 Å². The minimum absolute atomic E-state index is 0.121. The number of hydrogen-bond acceptors (Lipinski definition) is 5.